The number of nitrogens with zero attached hydrogens (tertiary/aromatic N) is 1. The molecular weight excluding hydrogens is 399 g/mol. The number of amides is 2. The molecule has 8 heteroatoms. The highest BCUT2D eigenvalue weighted by atomic mass is 19.1. The van der Waals surface area contributed by atoms with Crippen LogP contribution in [0.25, 0.3) is 10.9 Å². The summed E-state index contributed by atoms with van der Waals surface area (Å²) < 4.78 is 19.0. The number of fused-ring (bicyclic) bond motifs is 1. The van der Waals surface area contributed by atoms with Crippen molar-refractivity contribution in [3.05, 3.63) is 35.8 Å². The van der Waals surface area contributed by atoms with Crippen molar-refractivity contribution >= 4 is 22.7 Å². The predicted molar refractivity (Wildman–Crippen MR) is 118 cm³/mol. The molecule has 1 aromatic heterocycles. The van der Waals surface area contributed by atoms with Crippen LogP contribution >= 0.6 is 0 Å². The lowest BCUT2D eigenvalue weighted by atomic mass is 9.95. The van der Waals surface area contributed by atoms with Gasteiger partial charge >= 0.3 is 0 Å². The van der Waals surface area contributed by atoms with Gasteiger partial charge in [0.05, 0.1) is 12.1 Å². The van der Waals surface area contributed by atoms with Crippen molar-refractivity contribution in [2.24, 2.45) is 5.92 Å². The number of halogens is 1. The Bertz CT molecular complexity index is 931. The van der Waals surface area contributed by atoms with E-state index in [2.05, 4.69) is 22.5 Å². The highest BCUT2D eigenvalue weighted by Crippen LogP contribution is 2.30. The molecule has 170 valence electrons. The van der Waals surface area contributed by atoms with Gasteiger partial charge in [-0.1, -0.05) is 6.92 Å². The highest BCUT2D eigenvalue weighted by molar-refractivity contribution is 5.90. The van der Waals surface area contributed by atoms with Crippen molar-refractivity contribution in [3.8, 4) is 0 Å². The van der Waals surface area contributed by atoms with Crippen molar-refractivity contribution in [2.75, 3.05) is 20.7 Å². The number of H-pyrrole nitrogens is 1. The summed E-state index contributed by atoms with van der Waals surface area (Å²) in [5.41, 5.74) is 1.80. The summed E-state index contributed by atoms with van der Waals surface area (Å²) in [4.78, 5) is 31.0. The van der Waals surface area contributed by atoms with Crippen molar-refractivity contribution < 1.29 is 18.7 Å². The smallest absolute Gasteiger partial charge is 0.248 e. The van der Waals surface area contributed by atoms with Crippen molar-refractivity contribution in [1.29, 1.82) is 0 Å². The minimum absolute atomic E-state index is 0.0123. The number of hydrogen-bond donors (Lipinski definition) is 3. The first kappa shape index (κ1) is 23.2. The number of likely N-dealkylation sites (tertiary alicyclic amines) is 1. The normalized spacial score (nSPS) is 21.8. The second-order valence-electron chi connectivity index (χ2n) is 8.51. The monoisotopic (exact) mass is 432 g/mol. The number of carbonyl (C=O) groups is 2. The maximum Gasteiger partial charge on any atom is 0.248 e. The van der Waals surface area contributed by atoms with Crippen LogP contribution in [-0.4, -0.2) is 66.6 Å². The minimum atomic E-state index is -0.766. The summed E-state index contributed by atoms with van der Waals surface area (Å²) in [6.45, 7) is 6.30. The Morgan fingerprint density at radius 2 is 2.10 bits per heavy atom. The van der Waals surface area contributed by atoms with Gasteiger partial charge in [0.1, 0.15) is 11.9 Å². The largest absolute Gasteiger partial charge is 0.379 e. The molecule has 1 saturated heterocycles. The molecule has 7 nitrogen and oxygen atoms in total. The third-order valence-corrected chi connectivity index (χ3v) is 6.56. The van der Waals surface area contributed by atoms with Crippen LogP contribution < -0.4 is 10.6 Å². The van der Waals surface area contributed by atoms with E-state index in [0.717, 1.165) is 22.9 Å². The molecular formula is C23H33FN4O3. The Hall–Kier alpha value is -2.45. The Labute approximate surface area is 182 Å². The molecule has 0 unspecified atom stereocenters. The first-order valence-corrected chi connectivity index (χ1v) is 10.8. The zero-order valence-corrected chi connectivity index (χ0v) is 18.9. The summed E-state index contributed by atoms with van der Waals surface area (Å²) >= 11 is 0. The van der Waals surface area contributed by atoms with Gasteiger partial charge in [-0.05, 0) is 63.4 Å². The van der Waals surface area contributed by atoms with E-state index in [1.54, 1.807) is 27.0 Å². The number of aromatic amines is 1. The SMILES string of the molecule is CN[C@@H](C)C(=O)N[C@H](C(=O)N1CC[C@H](C)[C@H]1Cc1c[nH]c2cc(F)ccc12)[C@@H](C)OC. The van der Waals surface area contributed by atoms with Crippen LogP contribution in [0.1, 0.15) is 32.8 Å². The second kappa shape index (κ2) is 9.78. The lowest BCUT2D eigenvalue weighted by Crippen LogP contribution is -2.58. The summed E-state index contributed by atoms with van der Waals surface area (Å²) in [7, 11) is 3.24. The highest BCUT2D eigenvalue weighted by Gasteiger charge is 2.40. The molecule has 2 aromatic rings. The number of aromatic nitrogens is 1. The Kier molecular flexibility index (Phi) is 7.33. The van der Waals surface area contributed by atoms with Crippen molar-refractivity contribution in [1.82, 2.24) is 20.5 Å². The van der Waals surface area contributed by atoms with E-state index < -0.39 is 18.2 Å². The number of methoxy groups -OCH3 is 1. The summed E-state index contributed by atoms with van der Waals surface area (Å²) in [6.07, 6.45) is 2.98. The number of ether oxygens (including phenoxy) is 1. The predicted octanol–water partition coefficient (Wildman–Crippen LogP) is 2.21. The first-order chi connectivity index (χ1) is 14.8. The molecule has 3 rings (SSSR count). The maximum atomic E-state index is 13.5. The Morgan fingerprint density at radius 1 is 1.35 bits per heavy atom. The van der Waals surface area contributed by atoms with Crippen molar-refractivity contribution in [3.63, 3.8) is 0 Å². The molecule has 1 aliphatic heterocycles. The van der Waals surface area contributed by atoms with Gasteiger partial charge in [0, 0.05) is 36.8 Å². The topological polar surface area (TPSA) is 86.5 Å². The fourth-order valence-electron chi connectivity index (χ4n) is 4.25. The van der Waals surface area contributed by atoms with Gasteiger partial charge in [-0.25, -0.2) is 4.39 Å². The summed E-state index contributed by atoms with van der Waals surface area (Å²) in [6, 6.07) is 3.51. The quantitative estimate of drug-likeness (QED) is 0.597. The molecule has 2 amide bonds. The second-order valence-corrected chi connectivity index (χ2v) is 8.51. The standard InChI is InChI=1S/C23H33FN4O3/c1-13-8-9-28(23(30)21(15(3)31-5)27-22(29)14(2)25-4)20(13)10-16-12-26-19-11-17(24)6-7-18(16)19/h6-7,11-15,20-21,25-26H,8-10H2,1-5H3,(H,27,29)/t13-,14-,15+,20+,21-/m0/s1. The first-order valence-electron chi connectivity index (χ1n) is 10.8. The van der Waals surface area contributed by atoms with E-state index >= 15 is 0 Å². The number of benzene rings is 1. The molecule has 0 spiro atoms. The van der Waals surface area contributed by atoms with Gasteiger partial charge < -0.3 is 25.3 Å². The van der Waals surface area contributed by atoms with Gasteiger partial charge in [-0.15, -0.1) is 0 Å². The zero-order valence-electron chi connectivity index (χ0n) is 18.9. The molecule has 1 aliphatic rings. The minimum Gasteiger partial charge on any atom is -0.379 e. The Balaban J connectivity index is 1.82. The average Bonchev–Trinajstić information content (AvgIpc) is 3.33. The van der Waals surface area contributed by atoms with Crippen LogP contribution in [0.15, 0.2) is 24.4 Å². The van der Waals surface area contributed by atoms with Gasteiger partial charge in [0.2, 0.25) is 11.8 Å². The molecule has 31 heavy (non-hydrogen) atoms. The van der Waals surface area contributed by atoms with Crippen LogP contribution in [-0.2, 0) is 20.7 Å². The van der Waals surface area contributed by atoms with Crippen LogP contribution in [0.4, 0.5) is 4.39 Å². The van der Waals surface area contributed by atoms with Crippen LogP contribution in [0, 0.1) is 11.7 Å². The van der Waals surface area contributed by atoms with Crippen LogP contribution in [0.3, 0.4) is 0 Å². The number of carbonyl (C=O) groups excluding carboxylic acids is 2. The summed E-state index contributed by atoms with van der Waals surface area (Å²) in [5, 5.41) is 6.72. The fraction of sp³-hybridized carbons (Fsp3) is 0.565. The van der Waals surface area contributed by atoms with E-state index in [4.69, 9.17) is 4.74 Å². The maximum absolute atomic E-state index is 13.5. The van der Waals surface area contributed by atoms with E-state index in [-0.39, 0.29) is 23.7 Å². The Morgan fingerprint density at radius 3 is 2.77 bits per heavy atom. The number of nitrogens with one attached hydrogen (secondary N) is 3. The average molecular weight is 433 g/mol. The van der Waals surface area contributed by atoms with Gasteiger partial charge in [-0.3, -0.25) is 9.59 Å². The molecule has 1 fully saturated rings. The molecule has 3 N–H and O–H groups in total. The van der Waals surface area contributed by atoms with Gasteiger partial charge in [-0.2, -0.15) is 0 Å². The summed E-state index contributed by atoms with van der Waals surface area (Å²) in [5.74, 6) is -0.354. The number of likely N-dealkylation sites (N-methyl/N-ethyl adjacent to an activating group) is 1. The molecule has 0 saturated carbocycles. The van der Waals surface area contributed by atoms with E-state index in [0.29, 0.717) is 18.9 Å². The molecule has 2 heterocycles. The number of hydrogen-bond acceptors (Lipinski definition) is 4. The van der Waals surface area contributed by atoms with Crippen LogP contribution in [0.2, 0.25) is 0 Å². The lowest BCUT2D eigenvalue weighted by molar-refractivity contribution is -0.141. The molecule has 0 aliphatic carbocycles. The third-order valence-electron chi connectivity index (χ3n) is 6.56. The van der Waals surface area contributed by atoms with E-state index in [9.17, 15) is 14.0 Å². The molecule has 0 radical (unpaired) electrons. The van der Waals surface area contributed by atoms with Crippen LogP contribution in [0.5, 0.6) is 0 Å². The van der Waals surface area contributed by atoms with Crippen molar-refractivity contribution in [2.45, 2.75) is 57.8 Å². The molecule has 0 bridgehead atoms. The zero-order chi connectivity index (χ0) is 22.7. The third kappa shape index (κ3) is 4.91. The van der Waals surface area contributed by atoms with Gasteiger partial charge in [0.15, 0.2) is 0 Å². The van der Waals surface area contributed by atoms with E-state index in [1.165, 1.54) is 19.2 Å². The number of rotatable bonds is 8. The van der Waals surface area contributed by atoms with Gasteiger partial charge in [0.25, 0.3) is 0 Å². The fourth-order valence-corrected chi connectivity index (χ4v) is 4.25. The van der Waals surface area contributed by atoms with E-state index in [1.807, 2.05) is 11.1 Å². The lowest BCUT2D eigenvalue weighted by Gasteiger charge is -2.33. The molecule has 5 atom stereocenters. The molecule has 1 aromatic carbocycles.